The Kier molecular flexibility index (Phi) is 3.43. The van der Waals surface area contributed by atoms with Gasteiger partial charge < -0.3 is 10.6 Å². The molecule has 2 heterocycles. The van der Waals surface area contributed by atoms with E-state index in [2.05, 4.69) is 45.7 Å². The van der Waals surface area contributed by atoms with Gasteiger partial charge in [0.25, 0.3) is 0 Å². The molecule has 0 aliphatic carbocycles. The molecule has 0 amide bonds. The van der Waals surface area contributed by atoms with Crippen LogP contribution in [0, 0.1) is 0 Å². The molecule has 0 atom stereocenters. The summed E-state index contributed by atoms with van der Waals surface area (Å²) in [6, 6.07) is 8.30. The number of thiophene rings is 2. The lowest BCUT2D eigenvalue weighted by Gasteiger charge is -2.04. The van der Waals surface area contributed by atoms with Crippen LogP contribution in [0.1, 0.15) is 0 Å². The molecule has 2 nitrogen and oxygen atoms in total. The zero-order valence-electron chi connectivity index (χ0n) is 7.69. The summed E-state index contributed by atoms with van der Waals surface area (Å²) < 4.78 is 0. The summed E-state index contributed by atoms with van der Waals surface area (Å²) in [5, 5.41) is 13.3. The lowest BCUT2D eigenvalue weighted by atomic mass is 10.5. The molecule has 74 valence electrons. The number of anilines is 2. The fourth-order valence-corrected chi connectivity index (χ4v) is 2.42. The highest BCUT2D eigenvalue weighted by atomic mass is 32.1. The van der Waals surface area contributed by atoms with Crippen LogP contribution in [-0.2, 0) is 0 Å². The SMILES string of the molecule is c1csc(NCCNc2cccs2)c1. The summed E-state index contributed by atoms with van der Waals surface area (Å²) in [4.78, 5) is 0. The van der Waals surface area contributed by atoms with Crippen LogP contribution in [0.4, 0.5) is 10.0 Å². The molecular formula is C10H12N2S2. The largest absolute Gasteiger partial charge is 0.375 e. The predicted octanol–water partition coefficient (Wildman–Crippen LogP) is 3.33. The third-order valence-corrected chi connectivity index (χ3v) is 3.42. The van der Waals surface area contributed by atoms with Crippen LogP contribution in [0.2, 0.25) is 0 Å². The molecule has 0 aliphatic heterocycles. The number of hydrogen-bond acceptors (Lipinski definition) is 4. The maximum Gasteiger partial charge on any atom is 0.0883 e. The first-order chi connectivity index (χ1) is 6.95. The molecule has 0 saturated heterocycles. The summed E-state index contributed by atoms with van der Waals surface area (Å²) >= 11 is 3.47. The van der Waals surface area contributed by atoms with Crippen molar-refractivity contribution in [3.05, 3.63) is 35.0 Å². The molecule has 0 radical (unpaired) electrons. The maximum absolute atomic E-state index is 3.35. The van der Waals surface area contributed by atoms with Gasteiger partial charge in [-0.2, -0.15) is 0 Å². The van der Waals surface area contributed by atoms with E-state index >= 15 is 0 Å². The zero-order valence-corrected chi connectivity index (χ0v) is 9.33. The Labute approximate surface area is 91.6 Å². The average molecular weight is 224 g/mol. The van der Waals surface area contributed by atoms with Crippen molar-refractivity contribution < 1.29 is 0 Å². The fourth-order valence-electron chi connectivity index (χ4n) is 1.13. The highest BCUT2D eigenvalue weighted by Gasteiger charge is 1.92. The smallest absolute Gasteiger partial charge is 0.0883 e. The Morgan fingerprint density at radius 1 is 0.857 bits per heavy atom. The molecule has 0 aromatic carbocycles. The molecule has 2 aromatic rings. The Balaban J connectivity index is 1.65. The van der Waals surface area contributed by atoms with Gasteiger partial charge in [-0.15, -0.1) is 22.7 Å². The predicted molar refractivity (Wildman–Crippen MR) is 65.6 cm³/mol. The van der Waals surface area contributed by atoms with Crippen molar-refractivity contribution in [2.75, 3.05) is 23.7 Å². The van der Waals surface area contributed by atoms with Gasteiger partial charge in [0, 0.05) is 13.1 Å². The first-order valence-electron chi connectivity index (χ1n) is 4.50. The van der Waals surface area contributed by atoms with Gasteiger partial charge in [0.1, 0.15) is 0 Å². The van der Waals surface area contributed by atoms with Crippen molar-refractivity contribution in [1.29, 1.82) is 0 Å². The van der Waals surface area contributed by atoms with Crippen molar-refractivity contribution in [3.63, 3.8) is 0 Å². The van der Waals surface area contributed by atoms with Crippen molar-refractivity contribution in [2.45, 2.75) is 0 Å². The minimum Gasteiger partial charge on any atom is -0.375 e. The van der Waals surface area contributed by atoms with Gasteiger partial charge in [-0.3, -0.25) is 0 Å². The first kappa shape index (κ1) is 9.55. The highest BCUT2D eigenvalue weighted by molar-refractivity contribution is 7.14. The van der Waals surface area contributed by atoms with E-state index in [0.717, 1.165) is 13.1 Å². The minimum atomic E-state index is 0.957. The molecule has 0 fully saturated rings. The second-order valence-corrected chi connectivity index (χ2v) is 4.70. The Bertz CT molecular complexity index is 304. The van der Waals surface area contributed by atoms with Crippen LogP contribution >= 0.6 is 22.7 Å². The maximum atomic E-state index is 3.35. The zero-order chi connectivity index (χ0) is 9.64. The third kappa shape index (κ3) is 2.75. The monoisotopic (exact) mass is 224 g/mol. The lowest BCUT2D eigenvalue weighted by molar-refractivity contribution is 1.09. The molecule has 0 bridgehead atoms. The molecule has 0 spiro atoms. The van der Waals surface area contributed by atoms with Crippen LogP contribution in [-0.4, -0.2) is 13.1 Å². The van der Waals surface area contributed by atoms with Gasteiger partial charge >= 0.3 is 0 Å². The van der Waals surface area contributed by atoms with Crippen LogP contribution in [0.25, 0.3) is 0 Å². The molecule has 4 heteroatoms. The molecule has 0 unspecified atom stereocenters. The minimum absolute atomic E-state index is 0.957. The molecule has 0 aliphatic rings. The van der Waals surface area contributed by atoms with E-state index in [1.54, 1.807) is 22.7 Å². The van der Waals surface area contributed by atoms with E-state index in [0.29, 0.717) is 0 Å². The number of rotatable bonds is 5. The number of hydrogen-bond donors (Lipinski definition) is 2. The first-order valence-corrected chi connectivity index (χ1v) is 6.26. The van der Waals surface area contributed by atoms with Gasteiger partial charge in [0.15, 0.2) is 0 Å². The van der Waals surface area contributed by atoms with E-state index in [1.807, 2.05) is 0 Å². The highest BCUT2D eigenvalue weighted by Crippen LogP contribution is 2.15. The summed E-state index contributed by atoms with van der Waals surface area (Å²) in [5.74, 6) is 0. The standard InChI is InChI=1S/C10H12N2S2/c1-3-9(13-7-1)11-5-6-12-10-4-2-8-14-10/h1-4,7-8,11-12H,5-6H2. The molecule has 2 aromatic heterocycles. The van der Waals surface area contributed by atoms with Crippen LogP contribution in [0.15, 0.2) is 35.0 Å². The molecule has 2 N–H and O–H groups in total. The van der Waals surface area contributed by atoms with Crippen LogP contribution < -0.4 is 10.6 Å². The van der Waals surface area contributed by atoms with Gasteiger partial charge in [-0.05, 0) is 35.0 Å². The average Bonchev–Trinajstić information content (AvgIpc) is 2.86. The number of nitrogens with one attached hydrogen (secondary N) is 2. The van der Waals surface area contributed by atoms with E-state index in [4.69, 9.17) is 0 Å². The molecular weight excluding hydrogens is 212 g/mol. The topological polar surface area (TPSA) is 24.1 Å². The van der Waals surface area contributed by atoms with Crippen LogP contribution in [0.5, 0.6) is 0 Å². The second kappa shape index (κ2) is 5.02. The van der Waals surface area contributed by atoms with E-state index in [9.17, 15) is 0 Å². The molecule has 0 saturated carbocycles. The summed E-state index contributed by atoms with van der Waals surface area (Å²) in [7, 11) is 0. The normalized spacial score (nSPS) is 10.0. The third-order valence-electron chi connectivity index (χ3n) is 1.77. The van der Waals surface area contributed by atoms with Crippen molar-refractivity contribution in [1.82, 2.24) is 0 Å². The lowest BCUT2D eigenvalue weighted by Crippen LogP contribution is -2.12. The quantitative estimate of drug-likeness (QED) is 0.761. The summed E-state index contributed by atoms with van der Waals surface area (Å²) in [6.45, 7) is 1.91. The van der Waals surface area contributed by atoms with Crippen molar-refractivity contribution in [2.24, 2.45) is 0 Å². The van der Waals surface area contributed by atoms with Crippen LogP contribution in [0.3, 0.4) is 0 Å². The Morgan fingerprint density at radius 2 is 1.36 bits per heavy atom. The van der Waals surface area contributed by atoms with E-state index in [1.165, 1.54) is 10.0 Å². The summed E-state index contributed by atoms with van der Waals surface area (Å²) in [5.41, 5.74) is 0. The van der Waals surface area contributed by atoms with E-state index < -0.39 is 0 Å². The van der Waals surface area contributed by atoms with Crippen molar-refractivity contribution >= 4 is 32.7 Å². The van der Waals surface area contributed by atoms with Gasteiger partial charge in [-0.1, -0.05) is 0 Å². The second-order valence-electron chi connectivity index (χ2n) is 2.81. The van der Waals surface area contributed by atoms with Gasteiger partial charge in [0.05, 0.1) is 10.0 Å². The molecule has 2 rings (SSSR count). The molecule has 14 heavy (non-hydrogen) atoms. The van der Waals surface area contributed by atoms with Crippen molar-refractivity contribution in [3.8, 4) is 0 Å². The van der Waals surface area contributed by atoms with Gasteiger partial charge in [0.2, 0.25) is 0 Å². The summed E-state index contributed by atoms with van der Waals surface area (Å²) in [6.07, 6.45) is 0. The van der Waals surface area contributed by atoms with Gasteiger partial charge in [-0.25, -0.2) is 0 Å². The Morgan fingerprint density at radius 3 is 1.71 bits per heavy atom. The fraction of sp³-hybridized carbons (Fsp3) is 0.200. The Hall–Kier alpha value is -1.00. The van der Waals surface area contributed by atoms with E-state index in [-0.39, 0.29) is 0 Å².